The molecule has 1 unspecified atom stereocenters. The molecular weight excluding hydrogens is 240 g/mol. The van der Waals surface area contributed by atoms with Gasteiger partial charge in [0, 0.05) is 6.54 Å². The number of hydrogen-bond donors (Lipinski definition) is 1. The fourth-order valence-electron chi connectivity index (χ4n) is 3.24. The Morgan fingerprint density at radius 1 is 1.21 bits per heavy atom. The third-order valence-electron chi connectivity index (χ3n) is 4.36. The Labute approximate surface area is 115 Å². The minimum atomic E-state index is -0.261. The molecule has 1 atom stereocenters. The summed E-state index contributed by atoms with van der Waals surface area (Å²) in [6, 6.07) is -0.261. The summed E-state index contributed by atoms with van der Waals surface area (Å²) in [7, 11) is 0. The third kappa shape index (κ3) is 3.78. The monoisotopic (exact) mass is 266 g/mol. The fraction of sp³-hybridized carbons (Fsp3) is 0.867. The van der Waals surface area contributed by atoms with Crippen molar-refractivity contribution in [3.8, 4) is 0 Å². The SMILES string of the molecule is CCCN1C(=O)CC(NCCC2CCCCC2)C1=O. The van der Waals surface area contributed by atoms with Crippen LogP contribution in [0.5, 0.6) is 0 Å². The van der Waals surface area contributed by atoms with Crippen molar-refractivity contribution in [1.29, 1.82) is 0 Å². The maximum absolute atomic E-state index is 12.0. The van der Waals surface area contributed by atoms with E-state index in [4.69, 9.17) is 0 Å². The molecule has 2 fully saturated rings. The molecule has 0 spiro atoms. The van der Waals surface area contributed by atoms with Crippen molar-refractivity contribution in [2.45, 2.75) is 64.3 Å². The highest BCUT2D eigenvalue weighted by Crippen LogP contribution is 2.26. The van der Waals surface area contributed by atoms with Crippen LogP contribution < -0.4 is 5.32 Å². The van der Waals surface area contributed by atoms with Gasteiger partial charge in [0.25, 0.3) is 0 Å². The van der Waals surface area contributed by atoms with Crippen molar-refractivity contribution < 1.29 is 9.59 Å². The molecule has 4 heteroatoms. The lowest BCUT2D eigenvalue weighted by atomic mass is 9.87. The number of amides is 2. The number of carbonyl (C=O) groups is 2. The van der Waals surface area contributed by atoms with Crippen LogP contribution in [0.4, 0.5) is 0 Å². The van der Waals surface area contributed by atoms with E-state index < -0.39 is 0 Å². The molecule has 2 amide bonds. The predicted molar refractivity (Wildman–Crippen MR) is 74.6 cm³/mol. The Bertz CT molecular complexity index is 324. The van der Waals surface area contributed by atoms with Crippen molar-refractivity contribution in [1.82, 2.24) is 10.2 Å². The van der Waals surface area contributed by atoms with Crippen LogP contribution in [0.25, 0.3) is 0 Å². The van der Waals surface area contributed by atoms with Gasteiger partial charge < -0.3 is 5.32 Å². The quantitative estimate of drug-likeness (QED) is 0.749. The van der Waals surface area contributed by atoms with E-state index >= 15 is 0 Å². The average Bonchev–Trinajstić information content (AvgIpc) is 2.68. The Morgan fingerprint density at radius 2 is 1.95 bits per heavy atom. The number of hydrogen-bond acceptors (Lipinski definition) is 3. The molecule has 0 radical (unpaired) electrons. The van der Waals surface area contributed by atoms with Gasteiger partial charge in [-0.25, -0.2) is 0 Å². The first kappa shape index (κ1) is 14.5. The highest BCUT2D eigenvalue weighted by Gasteiger charge is 2.37. The normalized spacial score (nSPS) is 25.3. The summed E-state index contributed by atoms with van der Waals surface area (Å²) < 4.78 is 0. The molecule has 0 aromatic carbocycles. The summed E-state index contributed by atoms with van der Waals surface area (Å²) in [5.41, 5.74) is 0. The molecule has 1 saturated carbocycles. The lowest BCUT2D eigenvalue weighted by Gasteiger charge is -2.22. The maximum atomic E-state index is 12.0. The van der Waals surface area contributed by atoms with Crippen LogP contribution in [0.15, 0.2) is 0 Å². The van der Waals surface area contributed by atoms with E-state index in [1.807, 2.05) is 6.92 Å². The second-order valence-electron chi connectivity index (χ2n) is 5.89. The van der Waals surface area contributed by atoms with Crippen molar-refractivity contribution in [3.05, 3.63) is 0 Å². The largest absolute Gasteiger partial charge is 0.305 e. The molecule has 1 saturated heterocycles. The van der Waals surface area contributed by atoms with E-state index in [0.29, 0.717) is 13.0 Å². The number of nitrogens with one attached hydrogen (secondary N) is 1. The zero-order valence-electron chi connectivity index (χ0n) is 12.0. The Kier molecular flexibility index (Phi) is 5.37. The van der Waals surface area contributed by atoms with Gasteiger partial charge in [-0.1, -0.05) is 39.0 Å². The van der Waals surface area contributed by atoms with Gasteiger partial charge in [-0.2, -0.15) is 0 Å². The van der Waals surface area contributed by atoms with E-state index in [0.717, 1.165) is 25.3 Å². The standard InChI is InChI=1S/C15H26N2O2/c1-2-10-17-14(18)11-13(15(17)19)16-9-8-12-6-4-3-5-7-12/h12-13,16H,2-11H2,1H3. The van der Waals surface area contributed by atoms with Crippen LogP contribution in [-0.2, 0) is 9.59 Å². The minimum absolute atomic E-state index is 0.0120. The summed E-state index contributed by atoms with van der Waals surface area (Å²) in [6.07, 6.45) is 9.10. The molecule has 1 aliphatic carbocycles. The van der Waals surface area contributed by atoms with Crippen LogP contribution in [0.1, 0.15) is 58.3 Å². The number of carbonyl (C=O) groups excluding carboxylic acids is 2. The first-order chi connectivity index (χ1) is 9.22. The van der Waals surface area contributed by atoms with E-state index in [9.17, 15) is 9.59 Å². The molecule has 1 N–H and O–H groups in total. The lowest BCUT2D eigenvalue weighted by molar-refractivity contribution is -0.138. The minimum Gasteiger partial charge on any atom is -0.305 e. The second kappa shape index (κ2) is 7.04. The van der Waals surface area contributed by atoms with Crippen LogP contribution in [-0.4, -0.2) is 35.8 Å². The Morgan fingerprint density at radius 3 is 2.63 bits per heavy atom. The van der Waals surface area contributed by atoms with E-state index in [-0.39, 0.29) is 17.9 Å². The molecule has 4 nitrogen and oxygen atoms in total. The topological polar surface area (TPSA) is 49.4 Å². The van der Waals surface area contributed by atoms with Crippen molar-refractivity contribution in [2.75, 3.05) is 13.1 Å². The zero-order valence-corrected chi connectivity index (χ0v) is 12.0. The summed E-state index contributed by atoms with van der Waals surface area (Å²) in [6.45, 7) is 3.43. The second-order valence-corrected chi connectivity index (χ2v) is 5.89. The molecule has 0 aromatic rings. The Balaban J connectivity index is 1.71. The van der Waals surface area contributed by atoms with Crippen LogP contribution in [0.2, 0.25) is 0 Å². The van der Waals surface area contributed by atoms with Gasteiger partial charge in [0.1, 0.15) is 0 Å². The summed E-state index contributed by atoms with van der Waals surface area (Å²) in [5, 5.41) is 3.29. The van der Waals surface area contributed by atoms with E-state index in [2.05, 4.69) is 5.32 Å². The van der Waals surface area contributed by atoms with Gasteiger partial charge in [0.2, 0.25) is 11.8 Å². The van der Waals surface area contributed by atoms with Gasteiger partial charge in [-0.15, -0.1) is 0 Å². The number of nitrogens with zero attached hydrogens (tertiary/aromatic N) is 1. The fourth-order valence-corrected chi connectivity index (χ4v) is 3.24. The van der Waals surface area contributed by atoms with Crippen molar-refractivity contribution >= 4 is 11.8 Å². The van der Waals surface area contributed by atoms with Gasteiger partial charge in [-0.3, -0.25) is 14.5 Å². The molecular formula is C15H26N2O2. The highest BCUT2D eigenvalue weighted by atomic mass is 16.2. The summed E-state index contributed by atoms with van der Waals surface area (Å²) in [5.74, 6) is 0.790. The van der Waals surface area contributed by atoms with Gasteiger partial charge in [0.05, 0.1) is 12.5 Å². The molecule has 108 valence electrons. The number of likely N-dealkylation sites (tertiary alicyclic amines) is 1. The molecule has 2 aliphatic rings. The lowest BCUT2D eigenvalue weighted by Crippen LogP contribution is -2.39. The number of rotatable bonds is 6. The smallest absolute Gasteiger partial charge is 0.246 e. The van der Waals surface area contributed by atoms with E-state index in [1.54, 1.807) is 0 Å². The summed E-state index contributed by atoms with van der Waals surface area (Å²) >= 11 is 0. The van der Waals surface area contributed by atoms with Crippen molar-refractivity contribution in [2.24, 2.45) is 5.92 Å². The average molecular weight is 266 g/mol. The molecule has 2 rings (SSSR count). The first-order valence-corrected chi connectivity index (χ1v) is 7.80. The molecule has 0 aromatic heterocycles. The summed E-state index contributed by atoms with van der Waals surface area (Å²) in [4.78, 5) is 25.2. The van der Waals surface area contributed by atoms with Crippen LogP contribution in [0.3, 0.4) is 0 Å². The van der Waals surface area contributed by atoms with Gasteiger partial charge >= 0.3 is 0 Å². The maximum Gasteiger partial charge on any atom is 0.246 e. The van der Waals surface area contributed by atoms with Crippen molar-refractivity contribution in [3.63, 3.8) is 0 Å². The van der Waals surface area contributed by atoms with Crippen LogP contribution >= 0.6 is 0 Å². The van der Waals surface area contributed by atoms with Gasteiger partial charge in [-0.05, 0) is 25.3 Å². The van der Waals surface area contributed by atoms with Gasteiger partial charge in [0.15, 0.2) is 0 Å². The number of imide groups is 1. The zero-order chi connectivity index (χ0) is 13.7. The van der Waals surface area contributed by atoms with Crippen LogP contribution in [0, 0.1) is 5.92 Å². The Hall–Kier alpha value is -0.900. The third-order valence-corrected chi connectivity index (χ3v) is 4.36. The molecule has 19 heavy (non-hydrogen) atoms. The molecule has 1 aliphatic heterocycles. The first-order valence-electron chi connectivity index (χ1n) is 7.80. The predicted octanol–water partition coefficient (Wildman–Crippen LogP) is 2.08. The highest BCUT2D eigenvalue weighted by molar-refractivity contribution is 6.05. The molecule has 1 heterocycles. The van der Waals surface area contributed by atoms with E-state index in [1.165, 1.54) is 37.0 Å². The molecule has 0 bridgehead atoms.